The summed E-state index contributed by atoms with van der Waals surface area (Å²) in [7, 11) is 0. The zero-order valence-corrected chi connectivity index (χ0v) is 11.8. The first-order chi connectivity index (χ1) is 7.94. The number of hydrogen-bond donors (Lipinski definition) is 2. The van der Waals surface area contributed by atoms with Crippen LogP contribution in [0.3, 0.4) is 0 Å². The van der Waals surface area contributed by atoms with Gasteiger partial charge in [-0.1, -0.05) is 26.7 Å². The Balaban J connectivity index is 2.45. The van der Waals surface area contributed by atoms with Gasteiger partial charge in [-0.05, 0) is 32.1 Å². The molecule has 1 aliphatic rings. The molecule has 102 valence electrons. The summed E-state index contributed by atoms with van der Waals surface area (Å²) in [5, 5.41) is 9.21. The average Bonchev–Trinajstić information content (AvgIpc) is 2.77. The van der Waals surface area contributed by atoms with E-state index in [9.17, 15) is 5.11 Å². The Kier molecular flexibility index (Phi) is 5.90. The van der Waals surface area contributed by atoms with Gasteiger partial charge in [-0.2, -0.15) is 0 Å². The topological polar surface area (TPSA) is 49.5 Å². The van der Waals surface area contributed by atoms with E-state index in [4.69, 9.17) is 5.73 Å². The first-order valence-corrected chi connectivity index (χ1v) is 7.08. The lowest BCUT2D eigenvalue weighted by Gasteiger charge is -2.33. The molecular formula is C14H30N2O. The van der Waals surface area contributed by atoms with Gasteiger partial charge in [0.25, 0.3) is 0 Å². The van der Waals surface area contributed by atoms with E-state index in [0.29, 0.717) is 5.92 Å². The van der Waals surface area contributed by atoms with Gasteiger partial charge in [0, 0.05) is 24.7 Å². The minimum Gasteiger partial charge on any atom is -0.394 e. The first-order valence-electron chi connectivity index (χ1n) is 7.08. The molecule has 3 heteroatoms. The van der Waals surface area contributed by atoms with Crippen molar-refractivity contribution < 1.29 is 5.11 Å². The maximum atomic E-state index is 9.21. The number of hydrogen-bond acceptors (Lipinski definition) is 3. The molecule has 3 nitrogen and oxygen atoms in total. The molecule has 1 unspecified atom stereocenters. The first kappa shape index (κ1) is 14.9. The highest BCUT2D eigenvalue weighted by Gasteiger charge is 2.25. The highest BCUT2D eigenvalue weighted by molar-refractivity contribution is 4.83. The van der Waals surface area contributed by atoms with Crippen LogP contribution in [0.15, 0.2) is 0 Å². The lowest BCUT2D eigenvalue weighted by Crippen LogP contribution is -2.46. The SMILES string of the molecule is CC(C)CN(CCC(C)(N)CO)C1CCCC1. The summed E-state index contributed by atoms with van der Waals surface area (Å²) in [6.45, 7) is 8.75. The van der Waals surface area contributed by atoms with Gasteiger partial charge in [-0.15, -0.1) is 0 Å². The van der Waals surface area contributed by atoms with Gasteiger partial charge in [0.2, 0.25) is 0 Å². The minimum absolute atomic E-state index is 0.0766. The van der Waals surface area contributed by atoms with E-state index in [1.54, 1.807) is 0 Å². The third-order valence-corrected chi connectivity index (χ3v) is 3.77. The highest BCUT2D eigenvalue weighted by Crippen LogP contribution is 2.25. The molecule has 1 rings (SSSR count). The van der Waals surface area contributed by atoms with Crippen LogP contribution in [0.5, 0.6) is 0 Å². The monoisotopic (exact) mass is 242 g/mol. The Morgan fingerprint density at radius 3 is 2.41 bits per heavy atom. The normalized spacial score (nSPS) is 21.4. The predicted octanol–water partition coefficient (Wildman–Crippen LogP) is 1.99. The molecule has 0 amide bonds. The van der Waals surface area contributed by atoms with Gasteiger partial charge in [0.1, 0.15) is 0 Å². The lowest BCUT2D eigenvalue weighted by molar-refractivity contribution is 0.138. The molecule has 0 bridgehead atoms. The quantitative estimate of drug-likeness (QED) is 0.718. The molecule has 3 N–H and O–H groups in total. The molecule has 0 aromatic carbocycles. The Bertz CT molecular complexity index is 210. The molecule has 0 spiro atoms. The standard InChI is InChI=1S/C14H30N2O/c1-12(2)10-16(13-6-4-5-7-13)9-8-14(3,15)11-17/h12-13,17H,4-11,15H2,1-3H3. The molecule has 0 radical (unpaired) electrons. The fraction of sp³-hybridized carbons (Fsp3) is 1.00. The number of nitrogens with two attached hydrogens (primary N) is 1. The Labute approximate surface area is 106 Å². The maximum absolute atomic E-state index is 9.21. The van der Waals surface area contributed by atoms with Gasteiger partial charge in [-0.25, -0.2) is 0 Å². The van der Waals surface area contributed by atoms with Crippen LogP contribution >= 0.6 is 0 Å². The van der Waals surface area contributed by atoms with Gasteiger partial charge >= 0.3 is 0 Å². The van der Waals surface area contributed by atoms with Gasteiger partial charge < -0.3 is 15.7 Å². The Hall–Kier alpha value is -0.120. The van der Waals surface area contributed by atoms with Crippen molar-refractivity contribution in [3.8, 4) is 0 Å². The summed E-state index contributed by atoms with van der Waals surface area (Å²) < 4.78 is 0. The third-order valence-electron chi connectivity index (χ3n) is 3.77. The van der Waals surface area contributed by atoms with Crippen LogP contribution in [0.4, 0.5) is 0 Å². The highest BCUT2D eigenvalue weighted by atomic mass is 16.3. The molecule has 0 aromatic rings. The summed E-state index contributed by atoms with van der Waals surface area (Å²) in [6.07, 6.45) is 6.31. The van der Waals surface area contributed by atoms with Crippen LogP contribution in [-0.4, -0.2) is 41.3 Å². The molecule has 1 fully saturated rings. The number of aliphatic hydroxyl groups is 1. The zero-order chi connectivity index (χ0) is 12.9. The average molecular weight is 242 g/mol. The van der Waals surface area contributed by atoms with Gasteiger partial charge in [0.05, 0.1) is 6.61 Å². The number of rotatable bonds is 7. The fourth-order valence-corrected chi connectivity index (χ4v) is 2.64. The molecule has 0 aromatic heterocycles. The second kappa shape index (κ2) is 6.72. The Morgan fingerprint density at radius 1 is 1.35 bits per heavy atom. The molecular weight excluding hydrogens is 212 g/mol. The summed E-state index contributed by atoms with van der Waals surface area (Å²) in [6, 6.07) is 0.756. The smallest absolute Gasteiger partial charge is 0.0608 e. The van der Waals surface area contributed by atoms with Crippen LogP contribution in [0.1, 0.15) is 52.9 Å². The largest absolute Gasteiger partial charge is 0.394 e. The van der Waals surface area contributed by atoms with Crippen LogP contribution in [0.25, 0.3) is 0 Å². The van der Waals surface area contributed by atoms with Crippen molar-refractivity contribution in [1.29, 1.82) is 0 Å². The second-order valence-electron chi connectivity index (χ2n) is 6.39. The summed E-state index contributed by atoms with van der Waals surface area (Å²) in [5.41, 5.74) is 5.59. The van der Waals surface area contributed by atoms with E-state index < -0.39 is 5.54 Å². The van der Waals surface area contributed by atoms with Crippen molar-refractivity contribution in [2.24, 2.45) is 11.7 Å². The minimum atomic E-state index is -0.423. The lowest BCUT2D eigenvalue weighted by atomic mass is 9.99. The summed E-state index contributed by atoms with van der Waals surface area (Å²) in [4.78, 5) is 2.60. The van der Waals surface area contributed by atoms with Crippen molar-refractivity contribution in [1.82, 2.24) is 4.90 Å². The molecule has 0 heterocycles. The number of aliphatic hydroxyl groups excluding tert-OH is 1. The summed E-state index contributed by atoms with van der Waals surface area (Å²) in [5.74, 6) is 0.703. The predicted molar refractivity (Wildman–Crippen MR) is 73.0 cm³/mol. The third kappa shape index (κ3) is 5.36. The van der Waals surface area contributed by atoms with Crippen molar-refractivity contribution in [3.63, 3.8) is 0 Å². The van der Waals surface area contributed by atoms with E-state index >= 15 is 0 Å². The fourth-order valence-electron chi connectivity index (χ4n) is 2.64. The van der Waals surface area contributed by atoms with Crippen molar-refractivity contribution >= 4 is 0 Å². The van der Waals surface area contributed by atoms with Crippen molar-refractivity contribution in [2.45, 2.75) is 64.5 Å². The molecule has 0 saturated heterocycles. The van der Waals surface area contributed by atoms with E-state index in [1.807, 2.05) is 6.92 Å². The maximum Gasteiger partial charge on any atom is 0.0608 e. The van der Waals surface area contributed by atoms with E-state index in [1.165, 1.54) is 25.7 Å². The number of nitrogens with zero attached hydrogens (tertiary/aromatic N) is 1. The molecule has 1 aliphatic carbocycles. The molecule has 0 aliphatic heterocycles. The molecule has 1 atom stereocenters. The van der Waals surface area contributed by atoms with Gasteiger partial charge in [0.15, 0.2) is 0 Å². The van der Waals surface area contributed by atoms with E-state index in [0.717, 1.165) is 25.6 Å². The molecule has 1 saturated carbocycles. The van der Waals surface area contributed by atoms with Crippen molar-refractivity contribution in [3.05, 3.63) is 0 Å². The van der Waals surface area contributed by atoms with Crippen LogP contribution in [0, 0.1) is 5.92 Å². The zero-order valence-electron chi connectivity index (χ0n) is 11.8. The molecule has 17 heavy (non-hydrogen) atoms. The van der Waals surface area contributed by atoms with E-state index in [2.05, 4.69) is 18.7 Å². The Morgan fingerprint density at radius 2 is 1.94 bits per heavy atom. The van der Waals surface area contributed by atoms with Crippen LogP contribution in [0.2, 0.25) is 0 Å². The van der Waals surface area contributed by atoms with Crippen LogP contribution in [-0.2, 0) is 0 Å². The van der Waals surface area contributed by atoms with Crippen molar-refractivity contribution in [2.75, 3.05) is 19.7 Å². The van der Waals surface area contributed by atoms with Gasteiger partial charge in [-0.3, -0.25) is 0 Å². The van der Waals surface area contributed by atoms with E-state index in [-0.39, 0.29) is 6.61 Å². The summed E-state index contributed by atoms with van der Waals surface area (Å²) >= 11 is 0. The second-order valence-corrected chi connectivity index (χ2v) is 6.39. The van der Waals surface area contributed by atoms with Crippen LogP contribution < -0.4 is 5.73 Å².